The molecule has 1 aliphatic heterocycles. The number of aromatic nitrogens is 1. The van der Waals surface area contributed by atoms with E-state index in [1.54, 1.807) is 12.1 Å². The Balaban J connectivity index is 1.79. The molecular weight excluding hydrogens is 303 g/mol. The van der Waals surface area contributed by atoms with Gasteiger partial charge in [0, 0.05) is 18.8 Å². The van der Waals surface area contributed by atoms with Crippen molar-refractivity contribution in [3.8, 4) is 0 Å². The van der Waals surface area contributed by atoms with E-state index < -0.39 is 0 Å². The van der Waals surface area contributed by atoms with Crippen LogP contribution in [-0.4, -0.2) is 34.6 Å². The van der Waals surface area contributed by atoms with Crippen LogP contribution in [0, 0.1) is 0 Å². The lowest BCUT2D eigenvalue weighted by atomic mass is 10.1. The van der Waals surface area contributed by atoms with E-state index in [1.807, 2.05) is 4.90 Å². The molecule has 1 aromatic heterocycles. The second kappa shape index (κ2) is 7.36. The second-order valence-corrected chi connectivity index (χ2v) is 6.28. The van der Waals surface area contributed by atoms with Gasteiger partial charge < -0.3 is 4.90 Å². The first-order valence-corrected chi connectivity index (χ1v) is 8.24. The molecule has 2 rings (SSSR count). The Morgan fingerprint density at radius 2 is 2.00 bits per heavy atom. The van der Waals surface area contributed by atoms with Gasteiger partial charge in [0.1, 0.15) is 5.15 Å². The third-order valence-electron chi connectivity index (χ3n) is 3.06. The predicted octanol–water partition coefficient (Wildman–Crippen LogP) is 3.63. The molecule has 0 aromatic carbocycles. The molecule has 1 aromatic rings. The van der Waals surface area contributed by atoms with Crippen LogP contribution < -0.4 is 0 Å². The summed E-state index contributed by atoms with van der Waals surface area (Å²) in [6.45, 7) is 1.80. The van der Waals surface area contributed by atoms with Gasteiger partial charge in [-0.15, -0.1) is 11.8 Å². The molecule has 0 atom stereocenters. The highest BCUT2D eigenvalue weighted by Gasteiger charge is 2.16. The largest absolute Gasteiger partial charge is 0.342 e. The highest BCUT2D eigenvalue weighted by Crippen LogP contribution is 2.22. The zero-order valence-electron chi connectivity index (χ0n) is 10.6. The number of nitrogens with zero attached hydrogens (tertiary/aromatic N) is 2. The summed E-state index contributed by atoms with van der Waals surface area (Å²) in [4.78, 5) is 18.1. The maximum atomic E-state index is 12.0. The lowest BCUT2D eigenvalue weighted by Crippen LogP contribution is -2.36. The average Bonchev–Trinajstić information content (AvgIpc) is 2.43. The van der Waals surface area contributed by atoms with Crippen LogP contribution >= 0.6 is 35.0 Å². The van der Waals surface area contributed by atoms with Gasteiger partial charge in [-0.3, -0.25) is 4.79 Å². The maximum Gasteiger partial charge on any atom is 0.232 e. The number of carbonyl (C=O) groups excluding carboxylic acids is 1. The van der Waals surface area contributed by atoms with Gasteiger partial charge in [0.15, 0.2) is 0 Å². The number of hydrogen-bond acceptors (Lipinski definition) is 3. The highest BCUT2D eigenvalue weighted by atomic mass is 35.5. The summed E-state index contributed by atoms with van der Waals surface area (Å²) in [5.74, 6) is 1.30. The van der Waals surface area contributed by atoms with Crippen molar-refractivity contribution < 1.29 is 4.79 Å². The van der Waals surface area contributed by atoms with Crippen molar-refractivity contribution in [3.63, 3.8) is 0 Å². The Bertz CT molecular complexity index is 450. The number of hydrogen-bond donors (Lipinski definition) is 0. The molecule has 0 saturated carbocycles. The Morgan fingerprint density at radius 3 is 2.74 bits per heavy atom. The molecule has 0 bridgehead atoms. The molecule has 1 fully saturated rings. The topological polar surface area (TPSA) is 33.2 Å². The van der Waals surface area contributed by atoms with Crippen LogP contribution in [0.3, 0.4) is 0 Å². The Hall–Kier alpha value is -0.450. The molecule has 0 unspecified atom stereocenters. The Labute approximate surface area is 127 Å². The molecule has 1 saturated heterocycles. The van der Waals surface area contributed by atoms with E-state index in [4.69, 9.17) is 23.2 Å². The van der Waals surface area contributed by atoms with E-state index in [-0.39, 0.29) is 5.91 Å². The molecule has 2 heterocycles. The van der Waals surface area contributed by atoms with Crippen molar-refractivity contribution in [2.45, 2.75) is 25.0 Å². The van der Waals surface area contributed by atoms with Crippen LogP contribution in [0.4, 0.5) is 0 Å². The average molecular weight is 319 g/mol. The molecule has 0 N–H and O–H groups in total. The summed E-state index contributed by atoms with van der Waals surface area (Å²) < 4.78 is 0. The fourth-order valence-electron chi connectivity index (χ4n) is 2.03. The van der Waals surface area contributed by atoms with Crippen LogP contribution in [0.15, 0.2) is 12.1 Å². The van der Waals surface area contributed by atoms with E-state index in [2.05, 4.69) is 4.98 Å². The molecule has 6 heteroatoms. The molecule has 0 spiro atoms. The number of carbonyl (C=O) groups is 1. The molecule has 104 valence electrons. The lowest BCUT2D eigenvalue weighted by Gasteiger charge is -2.26. The van der Waals surface area contributed by atoms with Crippen LogP contribution in [-0.2, 0) is 10.5 Å². The van der Waals surface area contributed by atoms with Crippen LogP contribution in [0.5, 0.6) is 0 Å². The number of rotatable bonds is 4. The first-order chi connectivity index (χ1) is 9.16. The van der Waals surface area contributed by atoms with Crippen molar-refractivity contribution in [1.29, 1.82) is 0 Å². The predicted molar refractivity (Wildman–Crippen MR) is 80.9 cm³/mol. The number of likely N-dealkylation sites (tertiary alicyclic amines) is 1. The van der Waals surface area contributed by atoms with Gasteiger partial charge in [-0.2, -0.15) is 0 Å². The molecule has 0 radical (unpaired) electrons. The second-order valence-electron chi connectivity index (χ2n) is 4.50. The smallest absolute Gasteiger partial charge is 0.232 e. The monoisotopic (exact) mass is 318 g/mol. The molecule has 19 heavy (non-hydrogen) atoms. The highest BCUT2D eigenvalue weighted by molar-refractivity contribution is 7.99. The fraction of sp³-hybridized carbons (Fsp3) is 0.538. The van der Waals surface area contributed by atoms with Gasteiger partial charge in [0.25, 0.3) is 0 Å². The first-order valence-electron chi connectivity index (χ1n) is 6.33. The van der Waals surface area contributed by atoms with Gasteiger partial charge in [0.2, 0.25) is 5.91 Å². The zero-order chi connectivity index (χ0) is 13.7. The van der Waals surface area contributed by atoms with Gasteiger partial charge in [-0.05, 0) is 31.4 Å². The summed E-state index contributed by atoms with van der Waals surface area (Å²) >= 11 is 13.4. The van der Waals surface area contributed by atoms with Crippen molar-refractivity contribution in [1.82, 2.24) is 9.88 Å². The van der Waals surface area contributed by atoms with E-state index in [0.29, 0.717) is 21.7 Å². The normalized spacial score (nSPS) is 15.6. The first kappa shape index (κ1) is 14.9. The number of halogens is 2. The minimum atomic E-state index is 0.211. The zero-order valence-corrected chi connectivity index (χ0v) is 12.9. The molecular formula is C13H16Cl2N2OS. The summed E-state index contributed by atoms with van der Waals surface area (Å²) in [5.41, 5.74) is 0.741. The lowest BCUT2D eigenvalue weighted by molar-refractivity contribution is -0.129. The van der Waals surface area contributed by atoms with Crippen molar-refractivity contribution >= 4 is 40.9 Å². The van der Waals surface area contributed by atoms with Crippen molar-refractivity contribution in [3.05, 3.63) is 28.0 Å². The summed E-state index contributed by atoms with van der Waals surface area (Å²) in [7, 11) is 0. The molecule has 0 aliphatic carbocycles. The van der Waals surface area contributed by atoms with Crippen LogP contribution in [0.25, 0.3) is 0 Å². The SMILES string of the molecule is O=C(CSCc1nc(Cl)ccc1Cl)N1CCCCC1. The van der Waals surface area contributed by atoms with Crippen LogP contribution in [0.2, 0.25) is 10.2 Å². The quantitative estimate of drug-likeness (QED) is 0.795. The van der Waals surface area contributed by atoms with E-state index >= 15 is 0 Å². The Morgan fingerprint density at radius 1 is 1.26 bits per heavy atom. The number of amides is 1. The number of pyridine rings is 1. The van der Waals surface area contributed by atoms with E-state index in [1.165, 1.54) is 18.2 Å². The summed E-state index contributed by atoms with van der Waals surface area (Å²) in [5, 5.41) is 1.03. The summed E-state index contributed by atoms with van der Waals surface area (Å²) in [6, 6.07) is 3.40. The Kier molecular flexibility index (Phi) is 5.79. The number of thioether (sulfide) groups is 1. The van der Waals surface area contributed by atoms with E-state index in [9.17, 15) is 4.79 Å². The van der Waals surface area contributed by atoms with Gasteiger partial charge in [-0.1, -0.05) is 23.2 Å². The van der Waals surface area contributed by atoms with Gasteiger partial charge in [0.05, 0.1) is 16.5 Å². The molecule has 3 nitrogen and oxygen atoms in total. The third-order valence-corrected chi connectivity index (χ3v) is 4.54. The van der Waals surface area contributed by atoms with E-state index in [0.717, 1.165) is 31.6 Å². The third kappa shape index (κ3) is 4.55. The standard InChI is InChI=1S/C13H16Cl2N2OS/c14-10-4-5-12(15)16-11(10)8-19-9-13(18)17-6-2-1-3-7-17/h4-5H,1-3,6-9H2. The van der Waals surface area contributed by atoms with Crippen molar-refractivity contribution in [2.24, 2.45) is 0 Å². The summed E-state index contributed by atoms with van der Waals surface area (Å²) in [6.07, 6.45) is 3.48. The van der Waals surface area contributed by atoms with Gasteiger partial charge >= 0.3 is 0 Å². The minimum absolute atomic E-state index is 0.211. The molecule has 1 amide bonds. The number of piperidine rings is 1. The fourth-order valence-corrected chi connectivity index (χ4v) is 3.32. The van der Waals surface area contributed by atoms with Gasteiger partial charge in [-0.25, -0.2) is 4.98 Å². The molecule has 1 aliphatic rings. The van der Waals surface area contributed by atoms with Crippen molar-refractivity contribution in [2.75, 3.05) is 18.8 Å². The maximum absolute atomic E-state index is 12.0. The van der Waals surface area contributed by atoms with Crippen LogP contribution in [0.1, 0.15) is 25.0 Å². The minimum Gasteiger partial charge on any atom is -0.342 e.